The van der Waals surface area contributed by atoms with E-state index in [2.05, 4.69) is 48.5 Å². The van der Waals surface area contributed by atoms with Crippen LogP contribution in [0.2, 0.25) is 0 Å². The number of carbonyl (C=O) groups excluding carboxylic acids is 2. The second-order valence-corrected chi connectivity index (χ2v) is 21.4. The van der Waals surface area contributed by atoms with Crippen LogP contribution < -0.4 is 41.3 Å². The molecule has 0 spiro atoms. The minimum Gasteiger partial charge on any atom is -0.494 e. The average molecular weight is 1020 g/mol. The molecule has 0 radical (unpaired) electrons. The highest BCUT2D eigenvalue weighted by atomic mass is 31.1. The largest absolute Gasteiger partial charge is 0.494 e. The lowest BCUT2D eigenvalue weighted by Gasteiger charge is -2.22. The fraction of sp³-hybridized carbons (Fsp3) is 0.367. The van der Waals surface area contributed by atoms with Crippen LogP contribution in [-0.2, 0) is 28.4 Å². The number of ether oxygens (including phenoxy) is 8. The van der Waals surface area contributed by atoms with Gasteiger partial charge in [0.1, 0.15) is 11.5 Å². The molecule has 6 aromatic rings. The molecule has 0 fully saturated rings. The first-order valence-electron chi connectivity index (χ1n) is 25.4. The molecule has 6 rings (SSSR count). The van der Waals surface area contributed by atoms with E-state index in [1.165, 1.54) is 14.2 Å². The lowest BCUT2D eigenvalue weighted by Crippen LogP contribution is -2.25. The summed E-state index contributed by atoms with van der Waals surface area (Å²) in [4.78, 5) is 26.0. The second-order valence-electron chi connectivity index (χ2n) is 17.0. The van der Waals surface area contributed by atoms with Gasteiger partial charge in [0.25, 0.3) is 0 Å². The number of carbonyl (C=O) groups is 2. The van der Waals surface area contributed by atoms with E-state index in [4.69, 9.17) is 37.9 Å². The van der Waals surface area contributed by atoms with Gasteiger partial charge in [-0.3, -0.25) is 0 Å². The first-order chi connectivity index (χ1) is 35.6. The third-order valence-corrected chi connectivity index (χ3v) is 16.7. The monoisotopic (exact) mass is 1010 g/mol. The Labute approximate surface area is 430 Å². The molecule has 0 saturated heterocycles. The molecule has 0 N–H and O–H groups in total. The molecule has 0 unspecified atom stereocenters. The predicted octanol–water partition coefficient (Wildman–Crippen LogP) is 10.2. The number of hydrogen-bond acceptors (Lipinski definition) is 10. The van der Waals surface area contributed by atoms with E-state index in [9.17, 15) is 9.59 Å². The van der Waals surface area contributed by atoms with Crippen LogP contribution in [-0.4, -0.2) is 92.2 Å². The molecule has 0 atom stereocenters. The lowest BCUT2D eigenvalue weighted by atomic mass is 10.2. The van der Waals surface area contributed by atoms with E-state index in [-0.39, 0.29) is 11.9 Å². The van der Waals surface area contributed by atoms with Crippen LogP contribution in [0.3, 0.4) is 0 Å². The molecule has 0 aliphatic rings. The van der Waals surface area contributed by atoms with Gasteiger partial charge in [-0.2, -0.15) is 0 Å². The van der Waals surface area contributed by atoms with Crippen molar-refractivity contribution >= 4 is 59.6 Å². The SMILES string of the molecule is COC(=O)c1cc(OCCCCOCCCCOCCCCOCCCCOCCCCOc2ccc(P(c3ccccc3)c3ccccc3)c(C(=O)OC)c2)ccc1P(c1ccccc1)c1ccccc1. The maximum absolute atomic E-state index is 13.0. The van der Waals surface area contributed by atoms with E-state index in [1.54, 1.807) is 0 Å². The lowest BCUT2D eigenvalue weighted by molar-refractivity contribution is 0.0593. The van der Waals surface area contributed by atoms with Crippen LogP contribution in [0.4, 0.5) is 0 Å². The van der Waals surface area contributed by atoms with E-state index in [0.717, 1.165) is 136 Å². The van der Waals surface area contributed by atoms with Crippen molar-refractivity contribution in [3.63, 3.8) is 0 Å². The van der Waals surface area contributed by atoms with Crippen LogP contribution in [0.15, 0.2) is 158 Å². The third kappa shape index (κ3) is 18.9. The van der Waals surface area contributed by atoms with Gasteiger partial charge in [-0.1, -0.05) is 121 Å². The maximum atomic E-state index is 13.0. The minimum absolute atomic E-state index is 0.368. The molecule has 12 heteroatoms. The highest BCUT2D eigenvalue weighted by molar-refractivity contribution is 7.80. The molecule has 0 saturated carbocycles. The summed E-state index contributed by atoms with van der Waals surface area (Å²) in [6.45, 7) is 6.88. The van der Waals surface area contributed by atoms with Crippen molar-refractivity contribution in [3.8, 4) is 11.5 Å². The zero-order chi connectivity index (χ0) is 50.3. The van der Waals surface area contributed by atoms with Gasteiger partial charge in [0, 0.05) is 52.9 Å². The van der Waals surface area contributed by atoms with Gasteiger partial charge >= 0.3 is 11.9 Å². The van der Waals surface area contributed by atoms with Gasteiger partial charge in [-0.05, 0) is 148 Å². The molecule has 10 nitrogen and oxygen atoms in total. The summed E-state index contributed by atoms with van der Waals surface area (Å²) < 4.78 is 45.9. The van der Waals surface area contributed by atoms with Crippen LogP contribution in [0.1, 0.15) is 84.9 Å². The quantitative estimate of drug-likeness (QED) is 0.0217. The Morgan fingerprint density at radius 3 is 0.833 bits per heavy atom. The standard InChI is InChI=1S/C60H72O10P2/c1-63-59(61)55-47-49(33-35-57(55)71(51-25-7-3-8-26-51)52-27-9-4-10-28-52)69-45-23-21-43-67-41-19-17-39-65-37-15-16-38-66-40-18-20-42-68-44-22-24-46-70-50-34-36-58(56(48-50)60(62)64-2)72(53-29-11-5-12-30-53)54-31-13-6-14-32-54/h3-14,25-36,47-48H,15-24,37-46H2,1-2H3. The smallest absolute Gasteiger partial charge is 0.338 e. The van der Waals surface area contributed by atoms with E-state index in [1.807, 2.05) is 109 Å². The zero-order valence-electron chi connectivity index (χ0n) is 42.1. The molecule has 382 valence electrons. The highest BCUT2D eigenvalue weighted by Crippen LogP contribution is 2.37. The average Bonchev–Trinajstić information content (AvgIpc) is 3.43. The van der Waals surface area contributed by atoms with Crippen molar-refractivity contribution in [2.45, 2.75) is 64.2 Å². The molecule has 72 heavy (non-hydrogen) atoms. The number of rotatable bonds is 35. The van der Waals surface area contributed by atoms with Gasteiger partial charge < -0.3 is 37.9 Å². The van der Waals surface area contributed by atoms with Gasteiger partial charge in [0.2, 0.25) is 0 Å². The molecular weight excluding hydrogens is 943 g/mol. The van der Waals surface area contributed by atoms with Crippen molar-refractivity contribution in [2.24, 2.45) is 0 Å². The molecule has 0 bridgehead atoms. The summed E-state index contributed by atoms with van der Waals surface area (Å²) >= 11 is 0. The molecule has 0 aliphatic carbocycles. The summed E-state index contributed by atoms with van der Waals surface area (Å²) in [7, 11) is 0.913. The topological polar surface area (TPSA) is 108 Å². The number of unbranched alkanes of at least 4 members (excludes halogenated alkanes) is 5. The molecule has 0 heterocycles. The molecule has 0 aromatic heterocycles. The maximum Gasteiger partial charge on any atom is 0.338 e. The summed E-state index contributed by atoms with van der Waals surface area (Å²) in [6, 6.07) is 52.8. The summed E-state index contributed by atoms with van der Waals surface area (Å²) in [5, 5.41) is 6.55. The highest BCUT2D eigenvalue weighted by Gasteiger charge is 2.25. The fourth-order valence-electron chi connectivity index (χ4n) is 7.93. The minimum atomic E-state index is -0.964. The summed E-state index contributed by atoms with van der Waals surface area (Å²) in [6.07, 6.45) is 9.37. The van der Waals surface area contributed by atoms with Crippen molar-refractivity contribution in [1.29, 1.82) is 0 Å². The Balaban J connectivity index is 0.720. The van der Waals surface area contributed by atoms with E-state index >= 15 is 0 Å². The van der Waals surface area contributed by atoms with Crippen LogP contribution >= 0.6 is 15.8 Å². The number of esters is 2. The predicted molar refractivity (Wildman–Crippen MR) is 293 cm³/mol. The third-order valence-electron chi connectivity index (χ3n) is 11.7. The number of benzene rings is 6. The van der Waals surface area contributed by atoms with Gasteiger partial charge in [0.15, 0.2) is 0 Å². The Kier molecular flexibility index (Phi) is 25.9. The zero-order valence-corrected chi connectivity index (χ0v) is 43.9. The normalized spacial score (nSPS) is 11.2. The van der Waals surface area contributed by atoms with E-state index < -0.39 is 15.8 Å². The first kappa shape index (κ1) is 55.9. The van der Waals surface area contributed by atoms with Gasteiger partial charge in [0.05, 0.1) is 38.6 Å². The Morgan fingerprint density at radius 1 is 0.333 bits per heavy atom. The van der Waals surface area contributed by atoms with E-state index in [0.29, 0.717) is 49.1 Å². The van der Waals surface area contributed by atoms with Crippen molar-refractivity contribution in [2.75, 3.05) is 80.3 Å². The summed E-state index contributed by atoms with van der Waals surface area (Å²) in [5.74, 6) is 0.578. The number of methoxy groups -OCH3 is 2. The van der Waals surface area contributed by atoms with Crippen molar-refractivity contribution in [3.05, 3.63) is 169 Å². The van der Waals surface area contributed by atoms with Gasteiger partial charge in [-0.25, -0.2) is 9.59 Å². The Bertz CT molecular complexity index is 2170. The Hall–Kier alpha value is -5.44. The van der Waals surface area contributed by atoms with Crippen molar-refractivity contribution < 1.29 is 47.5 Å². The van der Waals surface area contributed by atoms with Crippen molar-refractivity contribution in [1.82, 2.24) is 0 Å². The molecular formula is C60H72O10P2. The molecule has 6 aromatic carbocycles. The first-order valence-corrected chi connectivity index (χ1v) is 28.1. The molecule has 0 amide bonds. The number of hydrogen-bond donors (Lipinski definition) is 0. The van der Waals surface area contributed by atoms with Gasteiger partial charge in [-0.15, -0.1) is 0 Å². The molecule has 0 aliphatic heterocycles. The van der Waals surface area contributed by atoms with Crippen LogP contribution in [0.25, 0.3) is 0 Å². The Morgan fingerprint density at radius 2 is 0.583 bits per heavy atom. The van der Waals surface area contributed by atoms with Crippen LogP contribution in [0.5, 0.6) is 11.5 Å². The van der Waals surface area contributed by atoms with Crippen LogP contribution in [0, 0.1) is 0 Å². The second kappa shape index (κ2) is 33.3. The summed E-state index contributed by atoms with van der Waals surface area (Å²) in [5.41, 5.74) is 1.06. The fourth-order valence-corrected chi connectivity index (χ4v) is 12.8.